The summed E-state index contributed by atoms with van der Waals surface area (Å²) in [5, 5.41) is 14.9. The van der Waals surface area contributed by atoms with Crippen LogP contribution in [-0.2, 0) is 6.18 Å². The molecular formula is C13H12F3N5O2S. The van der Waals surface area contributed by atoms with Gasteiger partial charge in [-0.25, -0.2) is 4.79 Å². The summed E-state index contributed by atoms with van der Waals surface area (Å²) in [5.74, 6) is -0.532. The van der Waals surface area contributed by atoms with Crippen molar-refractivity contribution in [2.24, 2.45) is 0 Å². The van der Waals surface area contributed by atoms with Crippen LogP contribution in [0, 0.1) is 0 Å². The molecule has 11 heteroatoms. The lowest BCUT2D eigenvalue weighted by atomic mass is 10.1. The number of hydrogen-bond donors (Lipinski definition) is 3. The average Bonchev–Trinajstić information content (AvgIpc) is 3.03. The minimum absolute atomic E-state index is 0.0984. The predicted octanol–water partition coefficient (Wildman–Crippen LogP) is 2.11. The van der Waals surface area contributed by atoms with E-state index in [1.165, 1.54) is 5.51 Å². The zero-order valence-corrected chi connectivity index (χ0v) is 12.9. The highest BCUT2D eigenvalue weighted by Gasteiger charge is 2.30. The van der Waals surface area contributed by atoms with Gasteiger partial charge in [-0.2, -0.15) is 13.2 Å². The molecule has 24 heavy (non-hydrogen) atoms. The second kappa shape index (κ2) is 7.73. The maximum absolute atomic E-state index is 12.4. The van der Waals surface area contributed by atoms with Crippen molar-refractivity contribution >= 4 is 28.4 Å². The van der Waals surface area contributed by atoms with Crippen LogP contribution < -0.4 is 16.0 Å². The summed E-state index contributed by atoms with van der Waals surface area (Å²) in [4.78, 5) is 23.2. The van der Waals surface area contributed by atoms with Gasteiger partial charge < -0.3 is 10.6 Å². The number of halogens is 3. The number of anilines is 1. The van der Waals surface area contributed by atoms with Crippen molar-refractivity contribution in [2.45, 2.75) is 6.18 Å². The summed E-state index contributed by atoms with van der Waals surface area (Å²) in [6.07, 6.45) is -4.45. The van der Waals surface area contributed by atoms with Gasteiger partial charge in [-0.05, 0) is 24.3 Å². The van der Waals surface area contributed by atoms with Gasteiger partial charge in [0.2, 0.25) is 5.13 Å². The Morgan fingerprint density at radius 2 is 1.75 bits per heavy atom. The van der Waals surface area contributed by atoms with Gasteiger partial charge in [-0.15, -0.1) is 10.2 Å². The molecule has 128 valence electrons. The maximum atomic E-state index is 12.4. The smallest absolute Gasteiger partial charge is 0.350 e. The number of urea groups is 1. The lowest BCUT2D eigenvalue weighted by molar-refractivity contribution is -0.137. The van der Waals surface area contributed by atoms with Crippen molar-refractivity contribution in [2.75, 3.05) is 18.4 Å². The topological polar surface area (TPSA) is 96.0 Å². The molecular weight excluding hydrogens is 347 g/mol. The molecule has 0 saturated heterocycles. The van der Waals surface area contributed by atoms with E-state index in [1.807, 2.05) is 0 Å². The lowest BCUT2D eigenvalue weighted by Crippen LogP contribution is -2.36. The van der Waals surface area contributed by atoms with E-state index in [4.69, 9.17) is 0 Å². The van der Waals surface area contributed by atoms with E-state index in [1.54, 1.807) is 0 Å². The molecule has 0 saturated carbocycles. The van der Waals surface area contributed by atoms with Crippen LogP contribution in [0.15, 0.2) is 29.8 Å². The molecule has 0 bridgehead atoms. The first-order valence-corrected chi connectivity index (χ1v) is 7.50. The Hall–Kier alpha value is -2.69. The summed E-state index contributed by atoms with van der Waals surface area (Å²) >= 11 is 1.15. The number of hydrogen-bond acceptors (Lipinski definition) is 5. The van der Waals surface area contributed by atoms with Crippen LogP contribution in [0.5, 0.6) is 0 Å². The molecule has 0 aliphatic carbocycles. The monoisotopic (exact) mass is 359 g/mol. The van der Waals surface area contributed by atoms with Crippen molar-refractivity contribution in [1.29, 1.82) is 0 Å². The fourth-order valence-electron chi connectivity index (χ4n) is 1.63. The Kier molecular flexibility index (Phi) is 5.68. The van der Waals surface area contributed by atoms with Gasteiger partial charge in [0.05, 0.1) is 5.56 Å². The van der Waals surface area contributed by atoms with Gasteiger partial charge in [0.25, 0.3) is 5.91 Å². The number of amides is 3. The molecule has 3 N–H and O–H groups in total. The minimum atomic E-state index is -4.45. The van der Waals surface area contributed by atoms with Gasteiger partial charge in [-0.3, -0.25) is 10.1 Å². The van der Waals surface area contributed by atoms with Crippen LogP contribution >= 0.6 is 11.3 Å². The number of nitrogens with zero attached hydrogens (tertiary/aromatic N) is 2. The van der Waals surface area contributed by atoms with Gasteiger partial charge in [0.15, 0.2) is 0 Å². The van der Waals surface area contributed by atoms with Crippen molar-refractivity contribution in [3.63, 3.8) is 0 Å². The number of nitrogens with one attached hydrogen (secondary N) is 3. The van der Waals surface area contributed by atoms with Crippen LogP contribution in [0.3, 0.4) is 0 Å². The SMILES string of the molecule is O=C(NCCNC(=O)c1ccc(C(F)(F)F)cc1)Nc1nncs1. The summed E-state index contributed by atoms with van der Waals surface area (Å²) in [6, 6.07) is 3.35. The Morgan fingerprint density at radius 3 is 2.33 bits per heavy atom. The first-order chi connectivity index (χ1) is 11.4. The molecule has 0 atom stereocenters. The largest absolute Gasteiger partial charge is 0.416 e. The fourth-order valence-corrected chi connectivity index (χ4v) is 2.07. The Bertz CT molecular complexity index is 689. The van der Waals surface area contributed by atoms with Crippen LogP contribution in [0.25, 0.3) is 0 Å². The quantitative estimate of drug-likeness (QED) is 0.713. The molecule has 3 amide bonds. The van der Waals surface area contributed by atoms with Gasteiger partial charge in [0, 0.05) is 18.7 Å². The summed E-state index contributed by atoms with van der Waals surface area (Å²) in [6.45, 7) is 0.250. The molecule has 0 aliphatic heterocycles. The summed E-state index contributed by atoms with van der Waals surface area (Å²) < 4.78 is 37.3. The molecule has 0 spiro atoms. The number of rotatable bonds is 5. The number of benzene rings is 1. The Morgan fingerprint density at radius 1 is 1.08 bits per heavy atom. The number of carbonyl (C=O) groups excluding carboxylic acids is 2. The van der Waals surface area contributed by atoms with E-state index in [2.05, 4.69) is 26.1 Å². The third-order valence-corrected chi connectivity index (χ3v) is 3.36. The molecule has 1 heterocycles. The number of aromatic nitrogens is 2. The van der Waals surface area contributed by atoms with Crippen LogP contribution in [0.2, 0.25) is 0 Å². The van der Waals surface area contributed by atoms with Crippen molar-refractivity contribution < 1.29 is 22.8 Å². The predicted molar refractivity (Wildman–Crippen MR) is 80.7 cm³/mol. The zero-order chi connectivity index (χ0) is 17.6. The third kappa shape index (κ3) is 5.19. The van der Waals surface area contributed by atoms with Crippen molar-refractivity contribution in [1.82, 2.24) is 20.8 Å². The molecule has 2 aromatic rings. The highest BCUT2D eigenvalue weighted by molar-refractivity contribution is 7.13. The van der Waals surface area contributed by atoms with E-state index < -0.39 is 23.7 Å². The Labute approximate surface area is 138 Å². The van der Waals surface area contributed by atoms with E-state index in [0.717, 1.165) is 35.6 Å². The van der Waals surface area contributed by atoms with E-state index in [9.17, 15) is 22.8 Å². The molecule has 0 radical (unpaired) electrons. The molecule has 1 aromatic carbocycles. The molecule has 0 aliphatic rings. The highest BCUT2D eigenvalue weighted by Crippen LogP contribution is 2.28. The van der Waals surface area contributed by atoms with E-state index in [0.29, 0.717) is 5.13 Å². The summed E-state index contributed by atoms with van der Waals surface area (Å²) in [7, 11) is 0. The van der Waals surface area contributed by atoms with Crippen LogP contribution in [0.1, 0.15) is 15.9 Å². The first-order valence-electron chi connectivity index (χ1n) is 6.63. The lowest BCUT2D eigenvalue weighted by Gasteiger charge is -2.09. The highest BCUT2D eigenvalue weighted by atomic mass is 32.1. The molecule has 0 fully saturated rings. The molecule has 2 rings (SSSR count). The maximum Gasteiger partial charge on any atom is 0.416 e. The Balaban J connectivity index is 1.72. The zero-order valence-electron chi connectivity index (χ0n) is 12.1. The number of carbonyl (C=O) groups is 2. The average molecular weight is 359 g/mol. The van der Waals surface area contributed by atoms with Crippen LogP contribution in [0.4, 0.5) is 23.1 Å². The first kappa shape index (κ1) is 17.7. The normalized spacial score (nSPS) is 11.0. The summed E-state index contributed by atoms with van der Waals surface area (Å²) in [5.41, 5.74) is 0.732. The van der Waals surface area contributed by atoms with Crippen LogP contribution in [-0.4, -0.2) is 35.2 Å². The third-order valence-electron chi connectivity index (χ3n) is 2.75. The molecule has 1 aromatic heterocycles. The van der Waals surface area contributed by atoms with Gasteiger partial charge >= 0.3 is 12.2 Å². The van der Waals surface area contributed by atoms with E-state index >= 15 is 0 Å². The second-order valence-corrected chi connectivity index (χ2v) is 5.29. The molecule has 0 unspecified atom stereocenters. The van der Waals surface area contributed by atoms with Gasteiger partial charge in [-0.1, -0.05) is 11.3 Å². The van der Waals surface area contributed by atoms with Gasteiger partial charge in [0.1, 0.15) is 5.51 Å². The second-order valence-electron chi connectivity index (χ2n) is 4.46. The number of alkyl halides is 3. The standard InChI is InChI=1S/C13H12F3N5O2S/c14-13(15,16)9-3-1-8(2-4-9)10(22)17-5-6-18-11(23)20-12-21-19-7-24-12/h1-4,7H,5-6H2,(H,17,22)(H2,18,20,21,23). The van der Waals surface area contributed by atoms with E-state index in [-0.39, 0.29) is 18.7 Å². The minimum Gasteiger partial charge on any atom is -0.350 e. The van der Waals surface area contributed by atoms with Crippen molar-refractivity contribution in [3.8, 4) is 0 Å². The fraction of sp³-hybridized carbons (Fsp3) is 0.231. The molecule has 7 nitrogen and oxygen atoms in total. The van der Waals surface area contributed by atoms with Crippen molar-refractivity contribution in [3.05, 3.63) is 40.9 Å².